The first kappa shape index (κ1) is 37.3. The summed E-state index contributed by atoms with van der Waals surface area (Å²) in [6, 6.07) is 53.2. The van der Waals surface area contributed by atoms with Gasteiger partial charge in [-0.15, -0.1) is 0 Å². The van der Waals surface area contributed by atoms with Crippen molar-refractivity contribution in [3.63, 3.8) is 0 Å². The van der Waals surface area contributed by atoms with E-state index in [-0.39, 0.29) is 16.2 Å². The van der Waals surface area contributed by atoms with Crippen molar-refractivity contribution in [3.8, 4) is 28.4 Å². The molecule has 5 nitrogen and oxygen atoms in total. The van der Waals surface area contributed by atoms with Gasteiger partial charge in [-0.25, -0.2) is 4.98 Å². The van der Waals surface area contributed by atoms with Crippen LogP contribution in [0.15, 0.2) is 152 Å². The standard InChI is InChI=1S/C54H53N4O/c1-52(2,3)38-22-25-49-50(31-38)58(42-29-37(36-16-11-10-12-17-36)28-40(30-42)54(7,8)9)35-57(49,58)41-18-15-19-43(33-41)59-44-23-24-46-45-20-13-14-21-47(45)56(48(46)34-44)51-32-39(26-27-55-51)53(4,5)6/h10-35H,1-9H3/q+1/t57?,58-/m0/s1. The third kappa shape index (κ3) is 5.78. The Morgan fingerprint density at radius 1 is 0.475 bits per heavy atom. The van der Waals surface area contributed by atoms with Gasteiger partial charge in [-0.3, -0.25) is 4.57 Å². The Morgan fingerprint density at radius 2 is 1.15 bits per heavy atom. The summed E-state index contributed by atoms with van der Waals surface area (Å²) in [6.07, 6.45) is 1.93. The second-order valence-electron chi connectivity index (χ2n) is 19.6. The van der Waals surface area contributed by atoms with Gasteiger partial charge in [0.25, 0.3) is 0 Å². The van der Waals surface area contributed by atoms with Crippen LogP contribution in [0, 0.1) is 6.67 Å². The van der Waals surface area contributed by atoms with Gasteiger partial charge in [0.2, 0.25) is 11.4 Å². The summed E-state index contributed by atoms with van der Waals surface area (Å²) in [6.45, 7) is 23.1. The van der Waals surface area contributed by atoms with E-state index >= 15 is 0 Å². The lowest BCUT2D eigenvalue weighted by Gasteiger charge is -2.41. The van der Waals surface area contributed by atoms with Gasteiger partial charge in [-0.05, 0) is 80.5 Å². The molecule has 8 aromatic rings. The number of para-hydroxylation sites is 1. The molecule has 2 atom stereocenters. The van der Waals surface area contributed by atoms with Gasteiger partial charge >= 0.3 is 0 Å². The fourth-order valence-corrected chi connectivity index (χ4v) is 9.17. The monoisotopic (exact) mass is 773 g/mol. The van der Waals surface area contributed by atoms with E-state index in [1.807, 2.05) is 6.20 Å². The molecule has 2 aromatic heterocycles. The number of hydrogen-bond donors (Lipinski definition) is 0. The highest BCUT2D eigenvalue weighted by molar-refractivity contribution is 6.09. The smallest absolute Gasteiger partial charge is 0.225 e. The van der Waals surface area contributed by atoms with Crippen LogP contribution in [-0.4, -0.2) is 9.55 Å². The molecular weight excluding hydrogens is 721 g/mol. The third-order valence-electron chi connectivity index (χ3n) is 12.6. The zero-order valence-electron chi connectivity index (χ0n) is 35.7. The summed E-state index contributed by atoms with van der Waals surface area (Å²) in [5.74, 6) is 2.49. The molecule has 0 saturated carbocycles. The third-order valence-corrected chi connectivity index (χ3v) is 12.6. The number of hydrogen-bond acceptors (Lipinski definition) is 2. The van der Waals surface area contributed by atoms with Crippen molar-refractivity contribution in [3.05, 3.63) is 175 Å². The molecule has 0 radical (unpaired) electrons. The van der Waals surface area contributed by atoms with Crippen LogP contribution in [0.5, 0.6) is 11.5 Å². The second-order valence-corrected chi connectivity index (χ2v) is 19.6. The maximum atomic E-state index is 6.84. The molecule has 6 aromatic carbocycles. The highest BCUT2D eigenvalue weighted by Crippen LogP contribution is 2.76. The van der Waals surface area contributed by atoms with E-state index in [1.54, 1.807) is 0 Å². The summed E-state index contributed by atoms with van der Waals surface area (Å²) in [4.78, 5) is 4.89. The van der Waals surface area contributed by atoms with Gasteiger partial charge in [0, 0.05) is 59.4 Å². The number of benzene rings is 6. The fourth-order valence-electron chi connectivity index (χ4n) is 9.17. The summed E-state index contributed by atoms with van der Waals surface area (Å²) in [7, 11) is 0. The molecule has 2 aliphatic rings. The SMILES string of the molecule is CC(C)(C)c1cc(-c2ccccc2)cc([N@+]23[CH-][N+]2(c2cccc(Oc4ccc5c6ccccc6n(-c6cc(C(C)(C)C)ccn6)c5c4)c2)c2ccc(C(C)(C)C)cc23)c1. The molecule has 59 heavy (non-hydrogen) atoms. The molecule has 0 aliphatic carbocycles. The van der Waals surface area contributed by atoms with Crippen LogP contribution in [0.2, 0.25) is 0 Å². The van der Waals surface area contributed by atoms with E-state index in [9.17, 15) is 0 Å². The summed E-state index contributed by atoms with van der Waals surface area (Å²) in [5, 5.41) is 2.36. The van der Waals surface area contributed by atoms with E-state index in [4.69, 9.17) is 9.72 Å². The lowest BCUT2D eigenvalue weighted by atomic mass is 9.84. The van der Waals surface area contributed by atoms with Crippen molar-refractivity contribution in [1.82, 2.24) is 18.7 Å². The Kier molecular flexibility index (Phi) is 8.05. The highest BCUT2D eigenvalue weighted by atomic mass is 16.5. The predicted molar refractivity (Wildman–Crippen MR) is 247 cm³/mol. The second kappa shape index (κ2) is 12.7. The van der Waals surface area contributed by atoms with Crippen LogP contribution >= 0.6 is 0 Å². The number of nitrogens with zero attached hydrogens (tertiary/aromatic N) is 4. The van der Waals surface area contributed by atoms with Crippen molar-refractivity contribution in [2.24, 2.45) is 0 Å². The van der Waals surface area contributed by atoms with Gasteiger partial charge < -0.3 is 4.74 Å². The molecule has 10 rings (SSSR count). The van der Waals surface area contributed by atoms with Crippen LogP contribution in [0.25, 0.3) is 38.8 Å². The van der Waals surface area contributed by atoms with E-state index < -0.39 is 0 Å². The molecule has 0 bridgehead atoms. The highest BCUT2D eigenvalue weighted by Gasteiger charge is 2.78. The number of rotatable bonds is 6. The van der Waals surface area contributed by atoms with Crippen LogP contribution in [-0.2, 0) is 16.2 Å². The molecule has 2 aliphatic heterocycles. The van der Waals surface area contributed by atoms with Gasteiger partial charge in [-0.2, -0.15) is 9.18 Å². The zero-order valence-corrected chi connectivity index (χ0v) is 35.7. The maximum absolute atomic E-state index is 6.84. The summed E-state index contributed by atoms with van der Waals surface area (Å²) in [5.41, 5.74) is 13.6. The van der Waals surface area contributed by atoms with Crippen molar-refractivity contribution in [2.45, 2.75) is 78.6 Å². The minimum absolute atomic E-state index is 0.00154. The first-order chi connectivity index (χ1) is 28.1. The maximum Gasteiger partial charge on any atom is 0.225 e. The minimum Gasteiger partial charge on any atom is -0.457 e. The van der Waals surface area contributed by atoms with Gasteiger partial charge in [0.05, 0.1) is 11.0 Å². The Hall–Kier alpha value is -6.01. The van der Waals surface area contributed by atoms with Crippen LogP contribution in [0.4, 0.5) is 22.7 Å². The molecule has 294 valence electrons. The van der Waals surface area contributed by atoms with E-state index in [0.29, 0.717) is 9.18 Å². The molecule has 1 fully saturated rings. The number of ether oxygens (including phenoxy) is 1. The predicted octanol–water partition coefficient (Wildman–Crippen LogP) is 14.9. The van der Waals surface area contributed by atoms with Gasteiger partial charge in [0.1, 0.15) is 17.3 Å². The lowest BCUT2D eigenvalue weighted by molar-refractivity contribution is 0.421. The topological polar surface area (TPSA) is 27.1 Å². The quantitative estimate of drug-likeness (QED) is 0.0956. The Bertz CT molecular complexity index is 2960. The normalized spacial score (nSPS) is 18.7. The molecule has 1 saturated heterocycles. The van der Waals surface area contributed by atoms with Crippen molar-refractivity contribution < 1.29 is 4.74 Å². The minimum atomic E-state index is -0.0312. The fraction of sp³-hybridized carbons (Fsp3) is 0.222. The molecule has 0 spiro atoms. The van der Waals surface area contributed by atoms with Gasteiger partial charge in [0.15, 0.2) is 18.0 Å². The molecular formula is C54H53N4O+. The van der Waals surface area contributed by atoms with Crippen molar-refractivity contribution in [1.29, 1.82) is 0 Å². The number of pyridine rings is 1. The number of aromatic nitrogens is 2. The molecule has 4 heterocycles. The average molecular weight is 774 g/mol. The van der Waals surface area contributed by atoms with Crippen LogP contribution < -0.4 is 13.9 Å². The Labute approximate surface area is 348 Å². The van der Waals surface area contributed by atoms with Crippen LogP contribution in [0.1, 0.15) is 79.0 Å². The molecule has 1 unspecified atom stereocenters. The molecule has 0 amide bonds. The van der Waals surface area contributed by atoms with E-state index in [1.165, 1.54) is 61.3 Å². The van der Waals surface area contributed by atoms with Crippen LogP contribution in [0.3, 0.4) is 0 Å². The Balaban J connectivity index is 1.09. The number of fused-ring (bicyclic) bond motifs is 7. The molecule has 0 N–H and O–H groups in total. The first-order valence-electron chi connectivity index (χ1n) is 20.9. The molecule has 5 heteroatoms. The van der Waals surface area contributed by atoms with Crippen molar-refractivity contribution >= 4 is 44.6 Å². The van der Waals surface area contributed by atoms with Gasteiger partial charge in [-0.1, -0.05) is 129 Å². The average Bonchev–Trinajstić information content (AvgIpc) is 3.71. The summed E-state index contributed by atoms with van der Waals surface area (Å²) >= 11 is 0. The van der Waals surface area contributed by atoms with E-state index in [2.05, 4.69) is 219 Å². The van der Waals surface area contributed by atoms with Crippen molar-refractivity contribution in [2.75, 3.05) is 0 Å². The Morgan fingerprint density at radius 3 is 1.92 bits per heavy atom. The number of quaternary nitrogens is 2. The first-order valence-corrected chi connectivity index (χ1v) is 20.9. The lowest BCUT2D eigenvalue weighted by Crippen LogP contribution is -2.46. The largest absolute Gasteiger partial charge is 0.457 e. The van der Waals surface area contributed by atoms with E-state index in [0.717, 1.165) is 28.4 Å². The zero-order chi connectivity index (χ0) is 41.1. The summed E-state index contributed by atoms with van der Waals surface area (Å²) < 4.78 is 10.3.